The van der Waals surface area contributed by atoms with Crippen molar-refractivity contribution in [3.05, 3.63) is 42.3 Å². The van der Waals surface area contributed by atoms with Gasteiger partial charge in [0.15, 0.2) is 0 Å². The van der Waals surface area contributed by atoms with E-state index in [1.54, 1.807) is 24.8 Å². The molecule has 0 spiro atoms. The fourth-order valence-corrected chi connectivity index (χ4v) is 6.29. The van der Waals surface area contributed by atoms with Crippen LogP contribution in [0.2, 0.25) is 0 Å². The number of benzene rings is 1. The standard InChI is InChI=1S/C22H26N6O4S/c29-22(8-9-22)21-25-20(26-32-21)15-6-7-19(18(10-15)14-4-5-14)33(30,31)27-16-2-1-3-17(11-16)28-12-23-24-13-28/h6-7,10,12-14,16-17,27,29H,1-5,8-9,11H2/t16-,17+/m0/s1. The van der Waals surface area contributed by atoms with Crippen LogP contribution in [0.3, 0.4) is 0 Å². The molecule has 10 nitrogen and oxygen atoms in total. The van der Waals surface area contributed by atoms with Gasteiger partial charge in [-0.05, 0) is 81.0 Å². The van der Waals surface area contributed by atoms with Crippen LogP contribution in [0.5, 0.6) is 0 Å². The molecule has 3 fully saturated rings. The van der Waals surface area contributed by atoms with E-state index in [2.05, 4.69) is 25.1 Å². The summed E-state index contributed by atoms with van der Waals surface area (Å²) in [6, 6.07) is 5.28. The SMILES string of the molecule is O=S(=O)(N[C@H]1CCC[C@@H](n2cnnc2)C1)c1ccc(-c2noc(C3(O)CC3)n2)cc1C1CC1. The first-order valence-corrected chi connectivity index (χ1v) is 13.0. The summed E-state index contributed by atoms with van der Waals surface area (Å²) >= 11 is 0. The van der Waals surface area contributed by atoms with E-state index in [0.717, 1.165) is 37.7 Å². The Morgan fingerprint density at radius 1 is 1.12 bits per heavy atom. The lowest BCUT2D eigenvalue weighted by molar-refractivity contribution is 0.108. The molecule has 0 amide bonds. The van der Waals surface area contributed by atoms with Gasteiger partial charge >= 0.3 is 0 Å². The topological polar surface area (TPSA) is 136 Å². The molecule has 3 aromatic rings. The molecule has 2 heterocycles. The van der Waals surface area contributed by atoms with Crippen LogP contribution in [0.25, 0.3) is 11.4 Å². The predicted molar refractivity (Wildman–Crippen MR) is 116 cm³/mol. The summed E-state index contributed by atoms with van der Waals surface area (Å²) in [6.07, 6.45) is 9.98. The van der Waals surface area contributed by atoms with Crippen molar-refractivity contribution < 1.29 is 18.0 Å². The van der Waals surface area contributed by atoms with Crippen LogP contribution < -0.4 is 4.72 Å². The van der Waals surface area contributed by atoms with Crippen molar-refractivity contribution in [2.45, 2.75) is 79.9 Å². The fraction of sp³-hybridized carbons (Fsp3) is 0.545. The summed E-state index contributed by atoms with van der Waals surface area (Å²) in [4.78, 5) is 4.67. The molecule has 0 saturated heterocycles. The normalized spacial score (nSPS) is 24.6. The first kappa shape index (κ1) is 20.9. The summed E-state index contributed by atoms with van der Waals surface area (Å²) < 4.78 is 37.0. The summed E-state index contributed by atoms with van der Waals surface area (Å²) in [5.74, 6) is 0.809. The van der Waals surface area contributed by atoms with Crippen molar-refractivity contribution in [3.63, 3.8) is 0 Å². The first-order chi connectivity index (χ1) is 15.9. The Hall–Kier alpha value is -2.63. The Labute approximate surface area is 191 Å². The van der Waals surface area contributed by atoms with Crippen LogP contribution in [-0.2, 0) is 15.6 Å². The van der Waals surface area contributed by atoms with Gasteiger partial charge in [-0.3, -0.25) is 0 Å². The molecule has 33 heavy (non-hydrogen) atoms. The second kappa shape index (κ2) is 7.71. The van der Waals surface area contributed by atoms with Crippen molar-refractivity contribution in [3.8, 4) is 11.4 Å². The molecular formula is C22H26N6O4S. The van der Waals surface area contributed by atoms with Gasteiger partial charge in [-0.2, -0.15) is 4.98 Å². The molecular weight excluding hydrogens is 444 g/mol. The first-order valence-electron chi connectivity index (χ1n) is 11.5. The van der Waals surface area contributed by atoms with Crippen LogP contribution in [0.4, 0.5) is 0 Å². The monoisotopic (exact) mass is 470 g/mol. The maximum Gasteiger partial charge on any atom is 0.258 e. The number of nitrogens with zero attached hydrogens (tertiary/aromatic N) is 5. The lowest BCUT2D eigenvalue weighted by atomic mass is 9.91. The zero-order valence-corrected chi connectivity index (χ0v) is 18.9. The minimum absolute atomic E-state index is 0.137. The highest BCUT2D eigenvalue weighted by Gasteiger charge is 2.47. The molecule has 6 rings (SSSR count). The third-order valence-corrected chi connectivity index (χ3v) is 8.54. The highest BCUT2D eigenvalue weighted by atomic mass is 32.2. The quantitative estimate of drug-likeness (QED) is 0.538. The lowest BCUT2D eigenvalue weighted by Gasteiger charge is -2.30. The molecule has 174 valence electrons. The summed E-state index contributed by atoms with van der Waals surface area (Å²) in [5.41, 5.74) is 0.491. The van der Waals surface area contributed by atoms with Crippen molar-refractivity contribution in [1.82, 2.24) is 29.6 Å². The average molecular weight is 471 g/mol. The molecule has 2 atom stereocenters. The Bertz CT molecular complexity index is 1260. The van der Waals surface area contributed by atoms with Crippen LogP contribution in [0.1, 0.15) is 74.8 Å². The number of sulfonamides is 1. The molecule has 3 aliphatic carbocycles. The van der Waals surface area contributed by atoms with Gasteiger partial charge in [0.2, 0.25) is 15.8 Å². The largest absolute Gasteiger partial charge is 0.380 e. The van der Waals surface area contributed by atoms with Crippen molar-refractivity contribution in [2.75, 3.05) is 0 Å². The molecule has 0 aliphatic heterocycles. The Morgan fingerprint density at radius 3 is 2.64 bits per heavy atom. The van der Waals surface area contributed by atoms with Gasteiger partial charge in [-0.15, -0.1) is 10.2 Å². The number of hydrogen-bond donors (Lipinski definition) is 2. The minimum Gasteiger partial charge on any atom is -0.380 e. The molecule has 3 aliphatic rings. The fourth-order valence-electron chi connectivity index (χ4n) is 4.73. The third-order valence-electron chi connectivity index (χ3n) is 6.95. The average Bonchev–Trinajstić information content (AvgIpc) is 3.66. The predicted octanol–water partition coefficient (Wildman–Crippen LogP) is 2.65. The minimum atomic E-state index is -3.69. The summed E-state index contributed by atoms with van der Waals surface area (Å²) in [6.45, 7) is 0. The van der Waals surface area contributed by atoms with E-state index in [4.69, 9.17) is 4.52 Å². The molecule has 0 radical (unpaired) electrons. The maximum atomic E-state index is 13.4. The van der Waals surface area contributed by atoms with Crippen molar-refractivity contribution in [2.24, 2.45) is 0 Å². The Kier molecular flexibility index (Phi) is 4.89. The van der Waals surface area contributed by atoms with Crippen molar-refractivity contribution in [1.29, 1.82) is 0 Å². The maximum absolute atomic E-state index is 13.4. The number of aromatic nitrogens is 5. The Balaban J connectivity index is 1.25. The van der Waals surface area contributed by atoms with Gasteiger partial charge in [0.25, 0.3) is 5.89 Å². The molecule has 0 unspecified atom stereocenters. The highest BCUT2D eigenvalue weighted by Crippen LogP contribution is 2.46. The molecule has 1 aromatic carbocycles. The van der Waals surface area contributed by atoms with Gasteiger partial charge < -0.3 is 14.2 Å². The zero-order valence-electron chi connectivity index (χ0n) is 18.1. The zero-order chi connectivity index (χ0) is 22.6. The van der Waals surface area contributed by atoms with E-state index in [9.17, 15) is 13.5 Å². The van der Waals surface area contributed by atoms with Gasteiger partial charge in [-0.1, -0.05) is 5.16 Å². The van der Waals surface area contributed by atoms with E-state index >= 15 is 0 Å². The molecule has 2 aromatic heterocycles. The highest BCUT2D eigenvalue weighted by molar-refractivity contribution is 7.89. The van der Waals surface area contributed by atoms with Gasteiger partial charge in [-0.25, -0.2) is 13.1 Å². The number of nitrogens with one attached hydrogen (secondary N) is 1. The van der Waals surface area contributed by atoms with Crippen LogP contribution in [-0.4, -0.2) is 44.5 Å². The van der Waals surface area contributed by atoms with Crippen LogP contribution in [0.15, 0.2) is 40.3 Å². The molecule has 2 N–H and O–H groups in total. The molecule has 3 saturated carbocycles. The lowest BCUT2D eigenvalue weighted by Crippen LogP contribution is -2.39. The van der Waals surface area contributed by atoms with Crippen LogP contribution in [0, 0.1) is 0 Å². The number of aliphatic hydroxyl groups is 1. The molecule has 0 bridgehead atoms. The number of hydrogen-bond acceptors (Lipinski definition) is 8. The van der Waals surface area contributed by atoms with Crippen molar-refractivity contribution >= 4 is 10.0 Å². The number of rotatable bonds is 7. The van der Waals surface area contributed by atoms with E-state index in [0.29, 0.717) is 35.5 Å². The Morgan fingerprint density at radius 2 is 1.91 bits per heavy atom. The van der Waals surface area contributed by atoms with Gasteiger partial charge in [0, 0.05) is 17.6 Å². The second-order valence-corrected chi connectivity index (χ2v) is 11.2. The third kappa shape index (κ3) is 4.09. The van der Waals surface area contributed by atoms with Gasteiger partial charge in [0.1, 0.15) is 18.3 Å². The molecule has 11 heteroatoms. The summed E-state index contributed by atoms with van der Waals surface area (Å²) in [7, 11) is -3.69. The smallest absolute Gasteiger partial charge is 0.258 e. The van der Waals surface area contributed by atoms with Gasteiger partial charge in [0.05, 0.1) is 4.90 Å². The van der Waals surface area contributed by atoms with E-state index in [1.165, 1.54) is 0 Å². The van der Waals surface area contributed by atoms with E-state index < -0.39 is 15.6 Å². The second-order valence-electron chi connectivity index (χ2n) is 9.53. The van der Waals surface area contributed by atoms with Crippen LogP contribution >= 0.6 is 0 Å². The summed E-state index contributed by atoms with van der Waals surface area (Å²) in [5, 5.41) is 22.0. The van der Waals surface area contributed by atoms with E-state index in [-0.39, 0.29) is 23.9 Å². The van der Waals surface area contributed by atoms with E-state index in [1.807, 2.05) is 10.6 Å².